The normalized spacial score (nSPS) is 16.4. The first-order valence-corrected chi connectivity index (χ1v) is 18.6. The van der Waals surface area contributed by atoms with Gasteiger partial charge in [-0.05, 0) is 141 Å². The highest BCUT2D eigenvalue weighted by molar-refractivity contribution is 6.01. The number of H-pyrrole nitrogens is 2. The summed E-state index contributed by atoms with van der Waals surface area (Å²) in [5.41, 5.74) is 10.9. The summed E-state index contributed by atoms with van der Waals surface area (Å²) in [5.74, 6) is 0.536. The molecule has 0 bridgehead atoms. The van der Waals surface area contributed by atoms with Crippen LogP contribution in [0.15, 0.2) is 103 Å². The van der Waals surface area contributed by atoms with Gasteiger partial charge in [-0.3, -0.25) is 5.10 Å². The van der Waals surface area contributed by atoms with E-state index in [1.54, 1.807) is 12.1 Å². The van der Waals surface area contributed by atoms with Gasteiger partial charge in [-0.1, -0.05) is 75.6 Å². The molecule has 6 heteroatoms. The molecule has 0 unspecified atom stereocenters. The zero-order valence-electron chi connectivity index (χ0n) is 29.5. The maximum atomic E-state index is 15.0. The van der Waals surface area contributed by atoms with E-state index >= 15 is 0 Å². The lowest BCUT2D eigenvalue weighted by molar-refractivity contribution is 0.334. The van der Waals surface area contributed by atoms with Crippen molar-refractivity contribution in [3.8, 4) is 22.5 Å². The van der Waals surface area contributed by atoms with Gasteiger partial charge in [0, 0.05) is 27.7 Å². The highest BCUT2D eigenvalue weighted by Crippen LogP contribution is 2.36. The molecule has 0 radical (unpaired) electrons. The lowest BCUT2D eigenvalue weighted by Gasteiger charge is -2.23. The van der Waals surface area contributed by atoms with Gasteiger partial charge >= 0.3 is 0 Å². The van der Waals surface area contributed by atoms with Crippen LogP contribution in [-0.2, 0) is 6.42 Å². The van der Waals surface area contributed by atoms with Crippen LogP contribution in [0.1, 0.15) is 75.8 Å². The molecular weight excluding hydrogens is 618 g/mol. The van der Waals surface area contributed by atoms with E-state index in [0.29, 0.717) is 0 Å². The van der Waals surface area contributed by atoms with Crippen LogP contribution in [0, 0.1) is 11.7 Å². The molecule has 2 aliphatic rings. The molecule has 0 amide bonds. The fourth-order valence-corrected chi connectivity index (χ4v) is 8.04. The van der Waals surface area contributed by atoms with E-state index in [4.69, 9.17) is 5.10 Å². The number of halogens is 1. The third-order valence-electron chi connectivity index (χ3n) is 10.6. The van der Waals surface area contributed by atoms with Crippen LogP contribution in [0.25, 0.3) is 49.9 Å². The molecule has 3 aromatic carbocycles. The molecule has 258 valence electrons. The lowest BCUT2D eigenvalue weighted by atomic mass is 9.86. The SMILES string of the molecule is C=C/C(=C\C(=C/C)c1ccc2[nH]nc(-c3cc4c(-c5cc(F)cc(CCCN6CCCC6)c5)cccc4[nH]3)c2c1)NC(=C)CC1CCCCC1. The number of allylic oxidation sites excluding steroid dienone is 5. The number of rotatable bonds is 13. The molecule has 2 aromatic heterocycles. The Bertz CT molecular complexity index is 2050. The highest BCUT2D eigenvalue weighted by Gasteiger charge is 2.17. The number of aromatic nitrogens is 3. The Kier molecular flexibility index (Phi) is 10.5. The number of nitrogens with zero attached hydrogens (tertiary/aromatic N) is 2. The first-order chi connectivity index (χ1) is 24.5. The molecule has 7 rings (SSSR count). The molecule has 5 aromatic rings. The van der Waals surface area contributed by atoms with Crippen molar-refractivity contribution in [2.45, 2.75) is 71.1 Å². The van der Waals surface area contributed by atoms with Crippen molar-refractivity contribution in [1.82, 2.24) is 25.4 Å². The average molecular weight is 668 g/mol. The van der Waals surface area contributed by atoms with Gasteiger partial charge in [0.25, 0.3) is 0 Å². The molecule has 1 aliphatic carbocycles. The number of hydrogen-bond donors (Lipinski definition) is 3. The summed E-state index contributed by atoms with van der Waals surface area (Å²) in [7, 11) is 0. The molecular formula is C44H50FN5. The summed E-state index contributed by atoms with van der Waals surface area (Å²) < 4.78 is 15.0. The molecule has 2 fully saturated rings. The predicted octanol–water partition coefficient (Wildman–Crippen LogP) is 11.1. The number of fused-ring (bicyclic) bond motifs is 2. The van der Waals surface area contributed by atoms with Crippen molar-refractivity contribution in [3.05, 3.63) is 120 Å². The summed E-state index contributed by atoms with van der Waals surface area (Å²) in [4.78, 5) is 6.13. The van der Waals surface area contributed by atoms with Crippen molar-refractivity contribution < 1.29 is 4.39 Å². The Hall–Kier alpha value is -4.68. The molecule has 0 atom stereocenters. The first kappa shape index (κ1) is 33.8. The highest BCUT2D eigenvalue weighted by atomic mass is 19.1. The number of aromatic amines is 2. The van der Waals surface area contributed by atoms with Crippen molar-refractivity contribution in [1.29, 1.82) is 0 Å². The summed E-state index contributed by atoms with van der Waals surface area (Å²) in [5, 5.41) is 13.6. The Morgan fingerprint density at radius 1 is 0.980 bits per heavy atom. The standard InChI is InChI=1S/C44H50FN5/c1-4-33(27-37(5-2)46-30(3)23-31-13-7-6-8-14-31)34-18-19-42-40(28-34)44(49-48-42)43-29-39-38(16-11-17-41(39)47-43)35-24-32(25-36(45)26-35)15-12-22-50-20-9-10-21-50/h4-5,11,16-19,24-29,31,46-47H,2-3,6-10,12-15,20-23H2,1H3,(H,48,49)/b33-4+,37-27+. The number of nitrogens with one attached hydrogen (secondary N) is 3. The van der Waals surface area contributed by atoms with E-state index in [0.717, 1.165) is 104 Å². The largest absolute Gasteiger partial charge is 0.359 e. The second-order valence-electron chi connectivity index (χ2n) is 14.3. The van der Waals surface area contributed by atoms with Gasteiger partial charge in [0.1, 0.15) is 11.5 Å². The van der Waals surface area contributed by atoms with Crippen LogP contribution in [0.4, 0.5) is 4.39 Å². The van der Waals surface area contributed by atoms with Gasteiger partial charge in [0.2, 0.25) is 0 Å². The predicted molar refractivity (Wildman–Crippen MR) is 208 cm³/mol. The lowest BCUT2D eigenvalue weighted by Crippen LogP contribution is -2.20. The molecule has 1 saturated carbocycles. The number of aryl methyl sites for hydroxylation is 1. The number of likely N-dealkylation sites (tertiary alicyclic amines) is 1. The first-order valence-electron chi connectivity index (χ1n) is 18.6. The van der Waals surface area contributed by atoms with E-state index in [9.17, 15) is 4.39 Å². The second kappa shape index (κ2) is 15.5. The summed E-state index contributed by atoms with van der Waals surface area (Å²) in [6.45, 7) is 14.0. The van der Waals surface area contributed by atoms with Crippen molar-refractivity contribution in [2.24, 2.45) is 5.92 Å². The number of benzene rings is 3. The van der Waals surface area contributed by atoms with E-state index in [1.165, 1.54) is 58.0 Å². The number of hydrogen-bond acceptors (Lipinski definition) is 3. The Labute approximate surface area is 296 Å². The van der Waals surface area contributed by atoms with Crippen molar-refractivity contribution in [2.75, 3.05) is 19.6 Å². The van der Waals surface area contributed by atoms with Gasteiger partial charge in [-0.25, -0.2) is 4.39 Å². The fourth-order valence-electron chi connectivity index (χ4n) is 8.04. The van der Waals surface area contributed by atoms with E-state index < -0.39 is 0 Å². The van der Waals surface area contributed by atoms with Crippen molar-refractivity contribution >= 4 is 27.4 Å². The smallest absolute Gasteiger partial charge is 0.124 e. The topological polar surface area (TPSA) is 59.7 Å². The fraction of sp³-hybridized carbons (Fsp3) is 0.341. The summed E-state index contributed by atoms with van der Waals surface area (Å²) in [6.07, 6.45) is 18.3. The molecule has 1 aliphatic heterocycles. The molecule has 5 nitrogen and oxygen atoms in total. The Morgan fingerprint density at radius 3 is 2.62 bits per heavy atom. The Balaban J connectivity index is 1.14. The monoisotopic (exact) mass is 667 g/mol. The maximum Gasteiger partial charge on any atom is 0.124 e. The zero-order chi connectivity index (χ0) is 34.5. The van der Waals surface area contributed by atoms with E-state index in [-0.39, 0.29) is 5.82 Å². The third kappa shape index (κ3) is 7.71. The third-order valence-corrected chi connectivity index (χ3v) is 10.6. The van der Waals surface area contributed by atoms with Crippen molar-refractivity contribution in [3.63, 3.8) is 0 Å². The zero-order valence-corrected chi connectivity index (χ0v) is 29.5. The minimum atomic E-state index is -0.186. The van der Waals surface area contributed by atoms with Crippen LogP contribution in [0.5, 0.6) is 0 Å². The quantitative estimate of drug-likeness (QED) is 0.110. The molecule has 50 heavy (non-hydrogen) atoms. The molecule has 3 heterocycles. The van der Waals surface area contributed by atoms with Crippen LogP contribution in [0.3, 0.4) is 0 Å². The average Bonchev–Trinajstić information content (AvgIpc) is 3.90. The molecule has 3 N–H and O–H groups in total. The van der Waals surface area contributed by atoms with Crippen LogP contribution in [-0.4, -0.2) is 39.7 Å². The molecule has 1 saturated heterocycles. The maximum absolute atomic E-state index is 15.0. The van der Waals surface area contributed by atoms with Gasteiger partial charge in [0.05, 0.1) is 11.2 Å². The van der Waals surface area contributed by atoms with Gasteiger partial charge < -0.3 is 15.2 Å². The van der Waals surface area contributed by atoms with Crippen LogP contribution < -0.4 is 5.32 Å². The van der Waals surface area contributed by atoms with E-state index in [1.807, 2.05) is 12.1 Å². The molecule has 0 spiro atoms. The minimum Gasteiger partial charge on any atom is -0.359 e. The van der Waals surface area contributed by atoms with E-state index in [2.05, 4.69) is 95.0 Å². The van der Waals surface area contributed by atoms with Crippen LogP contribution >= 0.6 is 0 Å². The summed E-state index contributed by atoms with van der Waals surface area (Å²) >= 11 is 0. The van der Waals surface area contributed by atoms with Gasteiger partial charge in [-0.2, -0.15) is 5.10 Å². The minimum absolute atomic E-state index is 0.186. The van der Waals surface area contributed by atoms with Gasteiger partial charge in [-0.15, -0.1) is 0 Å². The summed E-state index contributed by atoms with van der Waals surface area (Å²) in [6, 6.07) is 20.3. The Morgan fingerprint density at radius 2 is 1.82 bits per heavy atom. The van der Waals surface area contributed by atoms with Gasteiger partial charge in [0.15, 0.2) is 0 Å². The second-order valence-corrected chi connectivity index (χ2v) is 14.3. The van der Waals surface area contributed by atoms with Crippen LogP contribution in [0.2, 0.25) is 0 Å².